The summed E-state index contributed by atoms with van der Waals surface area (Å²) in [6.07, 6.45) is 1.83. The minimum atomic E-state index is -3.64. The number of likely N-dealkylation sites (N-methyl/N-ethyl adjacent to an activating group) is 1. The van der Waals surface area contributed by atoms with E-state index < -0.39 is 16.1 Å². The molecule has 0 saturated heterocycles. The van der Waals surface area contributed by atoms with Gasteiger partial charge in [-0.15, -0.1) is 0 Å². The summed E-state index contributed by atoms with van der Waals surface area (Å²) in [5, 5.41) is 2.72. The number of carbonyl (C=O) groups excluding carboxylic acids is 2. The van der Waals surface area contributed by atoms with Crippen molar-refractivity contribution in [2.24, 2.45) is 0 Å². The van der Waals surface area contributed by atoms with E-state index in [4.69, 9.17) is 4.74 Å². The van der Waals surface area contributed by atoms with E-state index in [-0.39, 0.29) is 37.7 Å². The number of amides is 2. The standard InChI is InChI=1S/C31H39N3O5S/c1-5-39-29-15-10-9-14-27(29)34(40(4,37)38)21-11-16-30(35)33(23-26-19-17-24(2)18-20-26)28(31(36)32-3)22-25-12-7-6-8-13-25/h6-10,12-15,17-20,28H,5,11,16,21-23H2,1-4H3,(H,32,36)/t28-/m1/s1. The zero-order valence-electron chi connectivity index (χ0n) is 23.7. The SMILES string of the molecule is CCOc1ccccc1N(CCCC(=O)N(Cc1ccc(C)cc1)[C@H](Cc1ccccc1)C(=O)NC)S(C)(=O)=O. The number of nitrogens with one attached hydrogen (secondary N) is 1. The molecular formula is C31H39N3O5S. The van der Waals surface area contributed by atoms with Crippen LogP contribution in [0.4, 0.5) is 5.69 Å². The second kappa shape index (κ2) is 14.5. The molecular weight excluding hydrogens is 526 g/mol. The van der Waals surface area contributed by atoms with Gasteiger partial charge in [-0.2, -0.15) is 0 Å². The Morgan fingerprint density at radius 2 is 1.57 bits per heavy atom. The van der Waals surface area contributed by atoms with E-state index in [1.165, 1.54) is 4.31 Å². The van der Waals surface area contributed by atoms with Gasteiger partial charge in [0.25, 0.3) is 0 Å². The topological polar surface area (TPSA) is 96.0 Å². The highest BCUT2D eigenvalue weighted by molar-refractivity contribution is 7.92. The summed E-state index contributed by atoms with van der Waals surface area (Å²) in [4.78, 5) is 28.5. The first-order chi connectivity index (χ1) is 19.1. The van der Waals surface area contributed by atoms with Crippen LogP contribution in [0.3, 0.4) is 0 Å². The average molecular weight is 566 g/mol. The summed E-state index contributed by atoms with van der Waals surface area (Å²) in [6.45, 7) is 4.57. The molecule has 3 aromatic rings. The Kier molecular flexibility index (Phi) is 11.1. The maximum absolute atomic E-state index is 13.8. The van der Waals surface area contributed by atoms with Crippen molar-refractivity contribution in [1.82, 2.24) is 10.2 Å². The number of sulfonamides is 1. The number of aryl methyl sites for hydroxylation is 1. The number of carbonyl (C=O) groups is 2. The minimum Gasteiger partial charge on any atom is -0.492 e. The Balaban J connectivity index is 1.85. The van der Waals surface area contributed by atoms with Crippen LogP contribution in [0.2, 0.25) is 0 Å². The van der Waals surface area contributed by atoms with Crippen molar-refractivity contribution >= 4 is 27.5 Å². The van der Waals surface area contributed by atoms with Gasteiger partial charge in [0.1, 0.15) is 11.8 Å². The number of anilines is 1. The van der Waals surface area contributed by atoms with Gasteiger partial charge < -0.3 is 15.0 Å². The third-order valence-corrected chi connectivity index (χ3v) is 7.76. The largest absolute Gasteiger partial charge is 0.492 e. The van der Waals surface area contributed by atoms with Crippen molar-refractivity contribution in [2.45, 2.75) is 45.7 Å². The molecule has 40 heavy (non-hydrogen) atoms. The molecule has 0 radical (unpaired) electrons. The fraction of sp³-hybridized carbons (Fsp3) is 0.355. The molecule has 8 nitrogen and oxygen atoms in total. The molecule has 0 saturated carbocycles. The van der Waals surface area contributed by atoms with E-state index in [0.717, 1.165) is 22.9 Å². The van der Waals surface area contributed by atoms with Gasteiger partial charge in [-0.05, 0) is 43.5 Å². The number of nitrogens with zero attached hydrogens (tertiary/aromatic N) is 2. The van der Waals surface area contributed by atoms with Crippen molar-refractivity contribution in [3.8, 4) is 5.75 Å². The molecule has 0 aliphatic heterocycles. The first-order valence-corrected chi connectivity index (χ1v) is 15.3. The quantitative estimate of drug-likeness (QED) is 0.314. The summed E-state index contributed by atoms with van der Waals surface area (Å²) < 4.78 is 32.4. The number of hydrogen-bond acceptors (Lipinski definition) is 5. The van der Waals surface area contributed by atoms with Gasteiger partial charge in [0, 0.05) is 33.0 Å². The van der Waals surface area contributed by atoms with Gasteiger partial charge in [0.2, 0.25) is 21.8 Å². The van der Waals surface area contributed by atoms with Crippen LogP contribution in [0.1, 0.15) is 36.5 Å². The third-order valence-electron chi connectivity index (χ3n) is 6.58. The van der Waals surface area contributed by atoms with Gasteiger partial charge in [0.05, 0.1) is 18.6 Å². The van der Waals surface area contributed by atoms with E-state index in [2.05, 4.69) is 5.32 Å². The van der Waals surface area contributed by atoms with Crippen LogP contribution in [-0.2, 0) is 32.6 Å². The molecule has 3 aromatic carbocycles. The average Bonchev–Trinajstić information content (AvgIpc) is 2.94. The summed E-state index contributed by atoms with van der Waals surface area (Å²) in [6, 6.07) is 23.7. The van der Waals surface area contributed by atoms with E-state index >= 15 is 0 Å². The number of ether oxygens (including phenoxy) is 1. The predicted octanol–water partition coefficient (Wildman–Crippen LogP) is 4.33. The van der Waals surface area contributed by atoms with Gasteiger partial charge >= 0.3 is 0 Å². The molecule has 0 heterocycles. The van der Waals surface area contributed by atoms with Gasteiger partial charge in [-0.25, -0.2) is 8.42 Å². The molecule has 0 unspecified atom stereocenters. The molecule has 1 N–H and O–H groups in total. The first kappa shape index (κ1) is 30.7. The van der Waals surface area contributed by atoms with Crippen molar-refractivity contribution in [3.05, 3.63) is 95.6 Å². The summed E-state index contributed by atoms with van der Waals surface area (Å²) in [5.74, 6) is -0.0188. The van der Waals surface area contributed by atoms with Gasteiger partial charge in [-0.1, -0.05) is 72.3 Å². The highest BCUT2D eigenvalue weighted by atomic mass is 32.2. The van der Waals surface area contributed by atoms with Crippen molar-refractivity contribution in [2.75, 3.05) is 30.8 Å². The zero-order chi connectivity index (χ0) is 29.1. The van der Waals surface area contributed by atoms with E-state index in [1.807, 2.05) is 68.4 Å². The Morgan fingerprint density at radius 1 is 0.925 bits per heavy atom. The summed E-state index contributed by atoms with van der Waals surface area (Å²) in [5.41, 5.74) is 3.38. The van der Waals surface area contributed by atoms with Crippen molar-refractivity contribution < 1.29 is 22.7 Å². The molecule has 2 amide bonds. The van der Waals surface area contributed by atoms with Crippen LogP contribution < -0.4 is 14.4 Å². The first-order valence-electron chi connectivity index (χ1n) is 13.4. The zero-order valence-corrected chi connectivity index (χ0v) is 24.5. The molecule has 3 rings (SSSR count). The summed E-state index contributed by atoms with van der Waals surface area (Å²) in [7, 11) is -2.08. The highest BCUT2D eigenvalue weighted by Crippen LogP contribution is 2.30. The van der Waals surface area contributed by atoms with Gasteiger partial charge in [-0.3, -0.25) is 13.9 Å². The molecule has 214 valence electrons. The predicted molar refractivity (Wildman–Crippen MR) is 159 cm³/mol. The molecule has 0 aliphatic carbocycles. The van der Waals surface area contributed by atoms with Crippen LogP contribution >= 0.6 is 0 Å². The molecule has 0 bridgehead atoms. The molecule has 0 spiro atoms. The Hall–Kier alpha value is -3.85. The lowest BCUT2D eigenvalue weighted by Gasteiger charge is -2.31. The van der Waals surface area contributed by atoms with Gasteiger partial charge in [0.15, 0.2) is 0 Å². The van der Waals surface area contributed by atoms with Crippen LogP contribution in [-0.4, -0.2) is 57.6 Å². The maximum Gasteiger partial charge on any atom is 0.242 e. The van der Waals surface area contributed by atoms with E-state index in [9.17, 15) is 18.0 Å². The fourth-order valence-electron chi connectivity index (χ4n) is 4.53. The van der Waals surface area contributed by atoms with E-state index in [0.29, 0.717) is 24.5 Å². The van der Waals surface area contributed by atoms with Crippen LogP contribution in [0.5, 0.6) is 5.75 Å². The minimum absolute atomic E-state index is 0.0664. The molecule has 0 fully saturated rings. The second-order valence-electron chi connectivity index (χ2n) is 9.67. The maximum atomic E-state index is 13.8. The normalized spacial score (nSPS) is 11.9. The number of benzene rings is 3. The lowest BCUT2D eigenvalue weighted by Crippen LogP contribution is -2.49. The molecule has 9 heteroatoms. The fourth-order valence-corrected chi connectivity index (χ4v) is 5.50. The van der Waals surface area contributed by atoms with Crippen LogP contribution in [0, 0.1) is 6.92 Å². The lowest BCUT2D eigenvalue weighted by molar-refractivity contribution is -0.141. The van der Waals surface area contributed by atoms with Crippen molar-refractivity contribution in [1.29, 1.82) is 0 Å². The Morgan fingerprint density at radius 3 is 2.20 bits per heavy atom. The third kappa shape index (κ3) is 8.58. The molecule has 0 aliphatic rings. The van der Waals surface area contributed by atoms with Crippen LogP contribution in [0.15, 0.2) is 78.9 Å². The number of para-hydroxylation sites is 2. The van der Waals surface area contributed by atoms with E-state index in [1.54, 1.807) is 36.2 Å². The second-order valence-corrected chi connectivity index (χ2v) is 11.6. The van der Waals surface area contributed by atoms with Crippen LogP contribution in [0.25, 0.3) is 0 Å². The van der Waals surface area contributed by atoms with Crippen molar-refractivity contribution in [3.63, 3.8) is 0 Å². The smallest absolute Gasteiger partial charge is 0.242 e. The Bertz CT molecular complexity index is 1360. The Labute approximate surface area is 238 Å². The molecule has 1 atom stereocenters. The molecule has 0 aromatic heterocycles. The summed E-state index contributed by atoms with van der Waals surface area (Å²) >= 11 is 0. The lowest BCUT2D eigenvalue weighted by atomic mass is 10.0. The monoisotopic (exact) mass is 565 g/mol. The number of hydrogen-bond donors (Lipinski definition) is 1. The highest BCUT2D eigenvalue weighted by Gasteiger charge is 2.30. The number of rotatable bonds is 14.